The molecule has 0 saturated carbocycles. The first-order valence-corrected chi connectivity index (χ1v) is 8.33. The standard InChI is InChI=1S/C18H16Cl2N2O2/c1-11-4-2-3-5-16(11)22-10-12(8-17(22)23)18(24)21-15-9-13(19)6-7-14(15)20/h2-7,9,12H,8,10H2,1H3,(H,21,24)/t12-/m1/s1. The van der Waals surface area contributed by atoms with Crippen LogP contribution in [0.2, 0.25) is 10.0 Å². The first-order chi connectivity index (χ1) is 11.5. The van der Waals surface area contributed by atoms with Gasteiger partial charge in [-0.25, -0.2) is 0 Å². The van der Waals surface area contributed by atoms with Gasteiger partial charge in [0, 0.05) is 23.7 Å². The van der Waals surface area contributed by atoms with E-state index in [1.54, 1.807) is 23.1 Å². The van der Waals surface area contributed by atoms with Crippen LogP contribution in [0.5, 0.6) is 0 Å². The van der Waals surface area contributed by atoms with Crippen molar-refractivity contribution in [2.75, 3.05) is 16.8 Å². The fraction of sp³-hybridized carbons (Fsp3) is 0.222. The number of halogens is 2. The predicted molar refractivity (Wildman–Crippen MR) is 96.7 cm³/mol. The summed E-state index contributed by atoms with van der Waals surface area (Å²) in [5, 5.41) is 3.66. The fourth-order valence-corrected chi connectivity index (χ4v) is 3.15. The lowest BCUT2D eigenvalue weighted by atomic mass is 10.1. The molecule has 1 heterocycles. The van der Waals surface area contributed by atoms with Gasteiger partial charge in [-0.15, -0.1) is 0 Å². The van der Waals surface area contributed by atoms with Crippen molar-refractivity contribution in [1.82, 2.24) is 0 Å². The van der Waals surface area contributed by atoms with E-state index in [2.05, 4.69) is 5.32 Å². The number of benzene rings is 2. The normalized spacial score (nSPS) is 17.2. The van der Waals surface area contributed by atoms with Crippen LogP contribution in [0, 0.1) is 12.8 Å². The molecular weight excluding hydrogens is 347 g/mol. The van der Waals surface area contributed by atoms with Gasteiger partial charge in [-0.1, -0.05) is 41.4 Å². The Morgan fingerprint density at radius 1 is 1.21 bits per heavy atom. The van der Waals surface area contributed by atoms with Crippen molar-refractivity contribution < 1.29 is 9.59 Å². The van der Waals surface area contributed by atoms with E-state index in [-0.39, 0.29) is 18.2 Å². The third-order valence-electron chi connectivity index (χ3n) is 4.09. The third kappa shape index (κ3) is 3.40. The fourth-order valence-electron chi connectivity index (χ4n) is 2.81. The Hall–Kier alpha value is -2.04. The minimum Gasteiger partial charge on any atom is -0.324 e. The van der Waals surface area contributed by atoms with Crippen molar-refractivity contribution in [3.05, 3.63) is 58.1 Å². The Morgan fingerprint density at radius 2 is 1.96 bits per heavy atom. The molecule has 1 fully saturated rings. The molecule has 1 N–H and O–H groups in total. The molecule has 0 spiro atoms. The van der Waals surface area contributed by atoms with Gasteiger partial charge in [0.2, 0.25) is 11.8 Å². The number of anilines is 2. The summed E-state index contributed by atoms with van der Waals surface area (Å²) in [4.78, 5) is 26.5. The lowest BCUT2D eigenvalue weighted by molar-refractivity contribution is -0.122. The van der Waals surface area contributed by atoms with E-state index in [4.69, 9.17) is 23.2 Å². The molecule has 0 bridgehead atoms. The Labute approximate surface area is 150 Å². The van der Waals surface area contributed by atoms with Crippen LogP contribution in [0.4, 0.5) is 11.4 Å². The molecule has 2 aromatic rings. The van der Waals surface area contributed by atoms with Gasteiger partial charge < -0.3 is 10.2 Å². The molecular formula is C18H16Cl2N2O2. The van der Waals surface area contributed by atoms with Crippen LogP contribution in [0.1, 0.15) is 12.0 Å². The topological polar surface area (TPSA) is 49.4 Å². The Morgan fingerprint density at radius 3 is 2.71 bits per heavy atom. The van der Waals surface area contributed by atoms with Crippen molar-refractivity contribution >= 4 is 46.4 Å². The number of rotatable bonds is 3. The second-order valence-electron chi connectivity index (χ2n) is 5.81. The summed E-state index contributed by atoms with van der Waals surface area (Å²) in [7, 11) is 0. The summed E-state index contributed by atoms with van der Waals surface area (Å²) < 4.78 is 0. The van der Waals surface area contributed by atoms with Gasteiger partial charge in [-0.05, 0) is 36.8 Å². The Bertz CT molecular complexity index is 807. The van der Waals surface area contributed by atoms with Crippen molar-refractivity contribution in [2.24, 2.45) is 5.92 Å². The van der Waals surface area contributed by atoms with Crippen molar-refractivity contribution in [1.29, 1.82) is 0 Å². The zero-order valence-electron chi connectivity index (χ0n) is 13.1. The number of para-hydroxylation sites is 1. The van der Waals surface area contributed by atoms with Gasteiger partial charge in [-0.3, -0.25) is 9.59 Å². The second kappa shape index (κ2) is 6.83. The lowest BCUT2D eigenvalue weighted by Crippen LogP contribution is -2.28. The smallest absolute Gasteiger partial charge is 0.229 e. The summed E-state index contributed by atoms with van der Waals surface area (Å²) in [5.74, 6) is -0.711. The van der Waals surface area contributed by atoms with Gasteiger partial charge in [-0.2, -0.15) is 0 Å². The molecule has 0 aliphatic carbocycles. The number of hydrogen-bond donors (Lipinski definition) is 1. The van der Waals surface area contributed by atoms with E-state index < -0.39 is 5.92 Å². The number of amides is 2. The Balaban J connectivity index is 1.75. The molecule has 0 unspecified atom stereocenters. The minimum atomic E-state index is -0.424. The molecule has 3 rings (SSSR count). The average molecular weight is 363 g/mol. The maximum Gasteiger partial charge on any atom is 0.229 e. The molecule has 0 radical (unpaired) electrons. The van der Waals surface area contributed by atoms with E-state index in [1.165, 1.54) is 0 Å². The zero-order valence-corrected chi connectivity index (χ0v) is 14.6. The second-order valence-corrected chi connectivity index (χ2v) is 6.65. The Kier molecular flexibility index (Phi) is 4.78. The average Bonchev–Trinajstić information content (AvgIpc) is 2.93. The number of carbonyl (C=O) groups is 2. The van der Waals surface area contributed by atoms with Gasteiger partial charge in [0.05, 0.1) is 16.6 Å². The highest BCUT2D eigenvalue weighted by atomic mass is 35.5. The summed E-state index contributed by atoms with van der Waals surface area (Å²) >= 11 is 12.0. The lowest BCUT2D eigenvalue weighted by Gasteiger charge is -2.19. The summed E-state index contributed by atoms with van der Waals surface area (Å²) in [6, 6.07) is 12.5. The quantitative estimate of drug-likeness (QED) is 0.884. The summed E-state index contributed by atoms with van der Waals surface area (Å²) in [5.41, 5.74) is 2.30. The molecule has 1 atom stereocenters. The highest BCUT2D eigenvalue weighted by Crippen LogP contribution is 2.30. The molecule has 1 aliphatic rings. The van der Waals surface area contributed by atoms with Crippen LogP contribution in [-0.4, -0.2) is 18.4 Å². The zero-order chi connectivity index (χ0) is 17.3. The number of hydrogen-bond acceptors (Lipinski definition) is 2. The van der Waals surface area contributed by atoms with E-state index >= 15 is 0 Å². The van der Waals surface area contributed by atoms with Crippen LogP contribution in [-0.2, 0) is 9.59 Å². The van der Waals surface area contributed by atoms with Gasteiger partial charge in [0.15, 0.2) is 0 Å². The van der Waals surface area contributed by atoms with Crippen molar-refractivity contribution in [3.8, 4) is 0 Å². The molecule has 1 aliphatic heterocycles. The van der Waals surface area contributed by atoms with Crippen LogP contribution >= 0.6 is 23.2 Å². The summed E-state index contributed by atoms with van der Waals surface area (Å²) in [6.45, 7) is 2.30. The number of nitrogens with zero attached hydrogens (tertiary/aromatic N) is 1. The minimum absolute atomic E-state index is 0.0540. The molecule has 1 saturated heterocycles. The van der Waals surface area contributed by atoms with Gasteiger partial charge in [0.25, 0.3) is 0 Å². The number of carbonyl (C=O) groups excluding carboxylic acids is 2. The van der Waals surface area contributed by atoms with Crippen LogP contribution < -0.4 is 10.2 Å². The molecule has 124 valence electrons. The van der Waals surface area contributed by atoms with E-state index in [1.807, 2.05) is 31.2 Å². The molecule has 2 amide bonds. The van der Waals surface area contributed by atoms with E-state index in [9.17, 15) is 9.59 Å². The largest absolute Gasteiger partial charge is 0.324 e. The SMILES string of the molecule is Cc1ccccc1N1C[C@H](C(=O)Nc2cc(Cl)ccc2Cl)CC1=O. The maximum atomic E-state index is 12.5. The van der Waals surface area contributed by atoms with E-state index in [0.29, 0.717) is 22.3 Å². The third-order valence-corrected chi connectivity index (χ3v) is 4.65. The highest BCUT2D eigenvalue weighted by molar-refractivity contribution is 6.35. The molecule has 4 nitrogen and oxygen atoms in total. The highest BCUT2D eigenvalue weighted by Gasteiger charge is 2.35. The molecule has 0 aromatic heterocycles. The number of nitrogens with one attached hydrogen (secondary N) is 1. The first-order valence-electron chi connectivity index (χ1n) is 7.57. The van der Waals surface area contributed by atoms with Crippen LogP contribution in [0.15, 0.2) is 42.5 Å². The van der Waals surface area contributed by atoms with Gasteiger partial charge >= 0.3 is 0 Å². The number of aryl methyl sites for hydroxylation is 1. The van der Waals surface area contributed by atoms with Crippen molar-refractivity contribution in [3.63, 3.8) is 0 Å². The van der Waals surface area contributed by atoms with Crippen molar-refractivity contribution in [2.45, 2.75) is 13.3 Å². The van der Waals surface area contributed by atoms with Crippen LogP contribution in [0.25, 0.3) is 0 Å². The molecule has 6 heteroatoms. The molecule has 2 aromatic carbocycles. The van der Waals surface area contributed by atoms with Crippen LogP contribution in [0.3, 0.4) is 0 Å². The van der Waals surface area contributed by atoms with E-state index in [0.717, 1.165) is 11.3 Å². The van der Waals surface area contributed by atoms with Gasteiger partial charge in [0.1, 0.15) is 0 Å². The summed E-state index contributed by atoms with van der Waals surface area (Å²) in [6.07, 6.45) is 0.179. The first kappa shape index (κ1) is 16.8. The maximum absolute atomic E-state index is 12.5. The monoisotopic (exact) mass is 362 g/mol. The molecule has 24 heavy (non-hydrogen) atoms. The predicted octanol–water partition coefficient (Wildman–Crippen LogP) is 4.29.